The van der Waals surface area contributed by atoms with Crippen molar-refractivity contribution in [3.05, 3.63) is 64.1 Å². The summed E-state index contributed by atoms with van der Waals surface area (Å²) < 4.78 is 2.23. The van der Waals surface area contributed by atoms with Gasteiger partial charge in [-0.15, -0.1) is 0 Å². The maximum absolute atomic E-state index is 6.28. The zero-order valence-electron chi connectivity index (χ0n) is 11.3. The SMILES string of the molecule is C=Cc1cccc(CN2CNc3cc(Cl)cc(Cl)c3S2)c1. The van der Waals surface area contributed by atoms with Gasteiger partial charge in [-0.3, -0.25) is 0 Å². The maximum Gasteiger partial charge on any atom is 0.0782 e. The summed E-state index contributed by atoms with van der Waals surface area (Å²) in [6.07, 6.45) is 1.86. The Kier molecular flexibility index (Phi) is 4.45. The first-order valence-corrected chi connectivity index (χ1v) is 8.06. The Balaban J connectivity index is 1.78. The minimum Gasteiger partial charge on any atom is -0.370 e. The van der Waals surface area contributed by atoms with E-state index in [0.29, 0.717) is 10.0 Å². The highest BCUT2D eigenvalue weighted by Crippen LogP contribution is 2.41. The normalized spacial score (nSPS) is 14.4. The molecule has 108 valence electrons. The fraction of sp³-hybridized carbons (Fsp3) is 0.125. The maximum atomic E-state index is 6.28. The summed E-state index contributed by atoms with van der Waals surface area (Å²) in [4.78, 5) is 1.02. The summed E-state index contributed by atoms with van der Waals surface area (Å²) >= 11 is 14.0. The Hall–Kier alpha value is -1.13. The lowest BCUT2D eigenvalue weighted by Gasteiger charge is -2.29. The average Bonchev–Trinajstić information content (AvgIpc) is 2.48. The largest absolute Gasteiger partial charge is 0.370 e. The lowest BCUT2D eigenvalue weighted by Crippen LogP contribution is -2.26. The van der Waals surface area contributed by atoms with Gasteiger partial charge in [-0.05, 0) is 35.2 Å². The summed E-state index contributed by atoms with van der Waals surface area (Å²) in [5.41, 5.74) is 3.37. The molecule has 5 heteroatoms. The molecule has 0 aliphatic carbocycles. The standard InChI is InChI=1S/C16H14Cl2N2S/c1-2-11-4-3-5-12(6-11)9-20-10-19-15-8-13(17)7-14(18)16(15)21-20/h2-8,19H,1,9-10H2. The smallest absolute Gasteiger partial charge is 0.0782 e. The fourth-order valence-electron chi connectivity index (χ4n) is 2.23. The molecule has 2 aromatic carbocycles. The van der Waals surface area contributed by atoms with Crippen LogP contribution >= 0.6 is 35.1 Å². The second-order valence-electron chi connectivity index (χ2n) is 4.78. The first-order chi connectivity index (χ1) is 10.2. The van der Waals surface area contributed by atoms with Gasteiger partial charge in [-0.2, -0.15) is 0 Å². The van der Waals surface area contributed by atoms with Crippen molar-refractivity contribution in [3.63, 3.8) is 0 Å². The van der Waals surface area contributed by atoms with Crippen LogP contribution in [0, 0.1) is 0 Å². The molecule has 0 atom stereocenters. The highest BCUT2D eigenvalue weighted by atomic mass is 35.5. The molecule has 2 aromatic rings. The van der Waals surface area contributed by atoms with Crippen molar-refractivity contribution in [1.29, 1.82) is 0 Å². The lowest BCUT2D eigenvalue weighted by atomic mass is 10.1. The van der Waals surface area contributed by atoms with Gasteiger partial charge in [-0.1, -0.05) is 60.1 Å². The third kappa shape index (κ3) is 3.38. The van der Waals surface area contributed by atoms with Crippen molar-refractivity contribution in [2.24, 2.45) is 0 Å². The van der Waals surface area contributed by atoms with E-state index in [1.807, 2.05) is 18.2 Å². The monoisotopic (exact) mass is 336 g/mol. The number of hydrogen-bond acceptors (Lipinski definition) is 3. The van der Waals surface area contributed by atoms with Crippen LogP contribution in [-0.2, 0) is 6.54 Å². The van der Waals surface area contributed by atoms with E-state index >= 15 is 0 Å². The molecule has 1 N–H and O–H groups in total. The first kappa shape index (κ1) is 14.8. The van der Waals surface area contributed by atoms with E-state index in [1.165, 1.54) is 5.56 Å². The number of rotatable bonds is 3. The number of hydrogen-bond donors (Lipinski definition) is 1. The Morgan fingerprint density at radius 3 is 2.95 bits per heavy atom. The third-order valence-electron chi connectivity index (χ3n) is 3.22. The molecule has 21 heavy (non-hydrogen) atoms. The zero-order chi connectivity index (χ0) is 14.8. The summed E-state index contributed by atoms with van der Waals surface area (Å²) in [5, 5.41) is 4.69. The summed E-state index contributed by atoms with van der Waals surface area (Å²) in [7, 11) is 0. The highest BCUT2D eigenvalue weighted by molar-refractivity contribution is 7.97. The van der Waals surface area contributed by atoms with E-state index in [4.69, 9.17) is 23.2 Å². The topological polar surface area (TPSA) is 15.3 Å². The van der Waals surface area contributed by atoms with Gasteiger partial charge < -0.3 is 5.32 Å². The van der Waals surface area contributed by atoms with Crippen LogP contribution in [0.25, 0.3) is 6.08 Å². The molecule has 0 saturated heterocycles. The minimum atomic E-state index is 0.652. The molecule has 0 saturated carbocycles. The number of nitrogens with zero attached hydrogens (tertiary/aromatic N) is 1. The molecule has 0 aromatic heterocycles. The molecule has 1 aliphatic heterocycles. The van der Waals surface area contributed by atoms with E-state index in [-0.39, 0.29) is 0 Å². The zero-order valence-corrected chi connectivity index (χ0v) is 13.6. The van der Waals surface area contributed by atoms with E-state index < -0.39 is 0 Å². The van der Waals surface area contributed by atoms with Gasteiger partial charge in [0.15, 0.2) is 0 Å². The second-order valence-corrected chi connectivity index (χ2v) is 6.73. The molecule has 0 unspecified atom stereocenters. The van der Waals surface area contributed by atoms with Gasteiger partial charge >= 0.3 is 0 Å². The van der Waals surface area contributed by atoms with Crippen LogP contribution < -0.4 is 5.32 Å². The van der Waals surface area contributed by atoms with E-state index in [1.54, 1.807) is 18.0 Å². The van der Waals surface area contributed by atoms with Gasteiger partial charge in [0.25, 0.3) is 0 Å². The van der Waals surface area contributed by atoms with Gasteiger partial charge in [-0.25, -0.2) is 4.31 Å². The number of anilines is 1. The molecular weight excluding hydrogens is 323 g/mol. The predicted octanol–water partition coefficient (Wildman–Crippen LogP) is 5.53. The molecule has 1 heterocycles. The van der Waals surface area contributed by atoms with Gasteiger partial charge in [0.1, 0.15) is 0 Å². The van der Waals surface area contributed by atoms with Crippen LogP contribution in [-0.4, -0.2) is 11.0 Å². The van der Waals surface area contributed by atoms with Crippen LogP contribution in [0.4, 0.5) is 5.69 Å². The highest BCUT2D eigenvalue weighted by Gasteiger charge is 2.20. The van der Waals surface area contributed by atoms with Gasteiger partial charge in [0, 0.05) is 11.6 Å². The Bertz CT molecular complexity index is 688. The van der Waals surface area contributed by atoms with Crippen LogP contribution in [0.5, 0.6) is 0 Å². The van der Waals surface area contributed by atoms with Crippen LogP contribution in [0.15, 0.2) is 47.9 Å². The molecular formula is C16H14Cl2N2S. The molecule has 1 aliphatic rings. The fourth-order valence-corrected chi connectivity index (χ4v) is 3.80. The molecule has 0 spiro atoms. The van der Waals surface area contributed by atoms with E-state index in [0.717, 1.165) is 29.4 Å². The Morgan fingerprint density at radius 1 is 1.29 bits per heavy atom. The Labute approximate surface area is 138 Å². The van der Waals surface area contributed by atoms with Crippen molar-refractivity contribution in [2.45, 2.75) is 11.4 Å². The summed E-state index contributed by atoms with van der Waals surface area (Å²) in [5.74, 6) is 0. The average molecular weight is 337 g/mol. The minimum absolute atomic E-state index is 0.652. The number of nitrogens with one attached hydrogen (secondary N) is 1. The number of benzene rings is 2. The van der Waals surface area contributed by atoms with E-state index in [2.05, 4.69) is 34.4 Å². The van der Waals surface area contributed by atoms with Gasteiger partial charge in [0.05, 0.1) is 22.3 Å². The Morgan fingerprint density at radius 2 is 2.14 bits per heavy atom. The molecule has 0 fully saturated rings. The number of fused-ring (bicyclic) bond motifs is 1. The van der Waals surface area contributed by atoms with Crippen LogP contribution in [0.1, 0.15) is 11.1 Å². The molecule has 3 rings (SSSR count). The summed E-state index contributed by atoms with van der Waals surface area (Å²) in [6, 6.07) is 12.0. The van der Waals surface area contributed by atoms with Gasteiger partial charge in [0.2, 0.25) is 0 Å². The quantitative estimate of drug-likeness (QED) is 0.742. The molecule has 0 radical (unpaired) electrons. The number of halogens is 2. The predicted molar refractivity (Wildman–Crippen MR) is 92.9 cm³/mol. The molecule has 0 bridgehead atoms. The summed E-state index contributed by atoms with van der Waals surface area (Å²) in [6.45, 7) is 5.38. The van der Waals surface area contributed by atoms with Crippen molar-refractivity contribution in [1.82, 2.24) is 4.31 Å². The van der Waals surface area contributed by atoms with Crippen molar-refractivity contribution < 1.29 is 0 Å². The van der Waals surface area contributed by atoms with Crippen molar-refractivity contribution in [3.8, 4) is 0 Å². The van der Waals surface area contributed by atoms with E-state index in [9.17, 15) is 0 Å². The molecule has 2 nitrogen and oxygen atoms in total. The first-order valence-electron chi connectivity index (χ1n) is 6.53. The van der Waals surface area contributed by atoms with Crippen molar-refractivity contribution >= 4 is 46.9 Å². The van der Waals surface area contributed by atoms with Crippen LogP contribution in [0.3, 0.4) is 0 Å². The molecule has 0 amide bonds. The van der Waals surface area contributed by atoms with Crippen molar-refractivity contribution in [2.75, 3.05) is 12.0 Å². The second kappa shape index (κ2) is 6.32. The lowest BCUT2D eigenvalue weighted by molar-refractivity contribution is 0.493. The van der Waals surface area contributed by atoms with Crippen LogP contribution in [0.2, 0.25) is 10.0 Å². The third-order valence-corrected chi connectivity index (χ3v) is 4.99.